The number of ether oxygens (including phenoxy) is 1. The maximum Gasteiger partial charge on any atom is 0.318 e. The first kappa shape index (κ1) is 27.5. The zero-order valence-corrected chi connectivity index (χ0v) is 24.8. The number of hydrogen-bond acceptors (Lipinski definition) is 4. The highest BCUT2D eigenvalue weighted by molar-refractivity contribution is 6.39. The lowest BCUT2D eigenvalue weighted by Crippen LogP contribution is -2.52. The molecule has 216 valence electrons. The second-order valence-corrected chi connectivity index (χ2v) is 12.5. The summed E-state index contributed by atoms with van der Waals surface area (Å²) < 4.78 is 12.3. The highest BCUT2D eigenvalue weighted by Gasteiger charge is 2.44. The number of rotatable bonds is 8. The summed E-state index contributed by atoms with van der Waals surface area (Å²) in [6.07, 6.45) is 5.90. The monoisotopic (exact) mass is 601 g/mol. The Hall–Kier alpha value is -3.32. The number of benzene rings is 3. The predicted octanol–water partition coefficient (Wildman–Crippen LogP) is 8.61. The average Bonchev–Trinajstić information content (AvgIpc) is 3.71. The molecule has 3 aliphatic rings. The molecule has 3 aromatic carbocycles. The van der Waals surface area contributed by atoms with Crippen LogP contribution >= 0.6 is 23.2 Å². The topological polar surface area (TPSA) is 67.6 Å². The van der Waals surface area contributed by atoms with Crippen molar-refractivity contribution < 1.29 is 14.1 Å². The van der Waals surface area contributed by atoms with Crippen molar-refractivity contribution in [3.05, 3.63) is 99.7 Å². The van der Waals surface area contributed by atoms with E-state index in [4.69, 9.17) is 32.5 Å². The number of nitrogens with zero attached hydrogens (tertiary/aromatic N) is 2. The summed E-state index contributed by atoms with van der Waals surface area (Å²) in [7, 11) is 0. The van der Waals surface area contributed by atoms with E-state index in [2.05, 4.69) is 51.8 Å². The van der Waals surface area contributed by atoms with Crippen molar-refractivity contribution in [2.45, 2.75) is 75.8 Å². The van der Waals surface area contributed by atoms with Gasteiger partial charge in [-0.15, -0.1) is 0 Å². The summed E-state index contributed by atoms with van der Waals surface area (Å²) >= 11 is 13.1. The van der Waals surface area contributed by atoms with Crippen LogP contribution < -0.4 is 5.32 Å². The Bertz CT molecular complexity index is 1530. The molecule has 0 spiro atoms. The first-order chi connectivity index (χ1) is 20.5. The molecule has 3 heterocycles. The van der Waals surface area contributed by atoms with Gasteiger partial charge in [-0.05, 0) is 67.3 Å². The van der Waals surface area contributed by atoms with Crippen LogP contribution in [0.2, 0.25) is 10.0 Å². The van der Waals surface area contributed by atoms with E-state index in [1.54, 1.807) is 0 Å². The number of halogens is 2. The third kappa shape index (κ3) is 5.56. The number of amides is 2. The van der Waals surface area contributed by atoms with Crippen LogP contribution in [0.3, 0.4) is 0 Å². The number of hydrogen-bond donors (Lipinski definition) is 1. The van der Waals surface area contributed by atoms with Crippen molar-refractivity contribution >= 4 is 29.2 Å². The second-order valence-electron chi connectivity index (χ2n) is 11.7. The van der Waals surface area contributed by atoms with Gasteiger partial charge >= 0.3 is 6.03 Å². The summed E-state index contributed by atoms with van der Waals surface area (Å²) in [6, 6.07) is 24.5. The third-order valence-electron chi connectivity index (χ3n) is 8.86. The van der Waals surface area contributed by atoms with Gasteiger partial charge in [-0.3, -0.25) is 0 Å². The van der Waals surface area contributed by atoms with Gasteiger partial charge in [0.05, 0.1) is 22.8 Å². The van der Waals surface area contributed by atoms with E-state index in [1.807, 2.05) is 36.4 Å². The molecular weight excluding hydrogens is 569 g/mol. The summed E-state index contributed by atoms with van der Waals surface area (Å²) in [6.45, 7) is 0.899. The summed E-state index contributed by atoms with van der Waals surface area (Å²) in [5.74, 6) is 1.26. The molecule has 2 atom stereocenters. The van der Waals surface area contributed by atoms with Crippen LogP contribution in [0.25, 0.3) is 22.4 Å². The lowest BCUT2D eigenvalue weighted by molar-refractivity contribution is -0.0172. The highest BCUT2D eigenvalue weighted by atomic mass is 35.5. The normalized spacial score (nSPS) is 21.5. The van der Waals surface area contributed by atoms with Gasteiger partial charge in [0.15, 0.2) is 0 Å². The van der Waals surface area contributed by atoms with Crippen molar-refractivity contribution in [3.8, 4) is 22.4 Å². The number of nitrogens with one attached hydrogen (secondary N) is 1. The Labute approximate surface area is 255 Å². The van der Waals surface area contributed by atoms with E-state index in [0.717, 1.165) is 55.4 Å². The molecule has 1 aliphatic carbocycles. The van der Waals surface area contributed by atoms with Crippen molar-refractivity contribution in [2.24, 2.45) is 0 Å². The Morgan fingerprint density at radius 3 is 2.21 bits per heavy atom. The molecule has 0 radical (unpaired) electrons. The SMILES string of the molecule is O=C(NCc1ccc(-c2ccccc2)cc1)N1C2CCC1CC(OCc1c(-c3c(Cl)cccc3Cl)noc1C1CC1)C2. The first-order valence-corrected chi connectivity index (χ1v) is 15.6. The van der Waals surface area contributed by atoms with Gasteiger partial charge in [-0.2, -0.15) is 0 Å². The molecule has 4 aromatic rings. The fraction of sp³-hybridized carbons (Fsp3) is 0.353. The van der Waals surface area contributed by atoms with Gasteiger partial charge in [-0.1, -0.05) is 89.0 Å². The van der Waals surface area contributed by atoms with Crippen molar-refractivity contribution in [2.75, 3.05) is 0 Å². The van der Waals surface area contributed by atoms with E-state index >= 15 is 0 Å². The smallest absolute Gasteiger partial charge is 0.318 e. The molecule has 2 bridgehead atoms. The quantitative estimate of drug-likeness (QED) is 0.219. The van der Waals surface area contributed by atoms with Crippen molar-refractivity contribution in [3.63, 3.8) is 0 Å². The molecule has 2 amide bonds. The van der Waals surface area contributed by atoms with Crippen molar-refractivity contribution in [1.82, 2.24) is 15.4 Å². The molecule has 1 saturated carbocycles. The average molecular weight is 603 g/mol. The fourth-order valence-corrected chi connectivity index (χ4v) is 7.14. The van der Waals surface area contributed by atoms with Crippen molar-refractivity contribution in [1.29, 1.82) is 0 Å². The minimum absolute atomic E-state index is 0.0128. The molecule has 2 saturated heterocycles. The minimum atomic E-state index is 0.0128. The highest BCUT2D eigenvalue weighted by Crippen LogP contribution is 2.46. The number of aromatic nitrogens is 1. The Balaban J connectivity index is 0.977. The molecule has 6 nitrogen and oxygen atoms in total. The van der Waals surface area contributed by atoms with Gasteiger partial charge in [0, 0.05) is 35.7 Å². The predicted molar refractivity (Wildman–Crippen MR) is 165 cm³/mol. The number of piperidine rings is 1. The van der Waals surface area contributed by atoms with Crippen LogP contribution in [-0.2, 0) is 17.9 Å². The van der Waals surface area contributed by atoms with Gasteiger partial charge < -0.3 is 19.5 Å². The Morgan fingerprint density at radius 1 is 0.881 bits per heavy atom. The van der Waals surface area contributed by atoms with E-state index < -0.39 is 0 Å². The maximum absolute atomic E-state index is 13.3. The van der Waals surface area contributed by atoms with Crippen LogP contribution in [-0.4, -0.2) is 34.3 Å². The van der Waals surface area contributed by atoms with Gasteiger partial charge in [0.25, 0.3) is 0 Å². The standard InChI is InChI=1S/C34H33Cl2N3O3/c35-29-7-4-8-30(36)31(29)32-28(33(42-38-32)24-13-14-24)20-41-27-17-25-15-16-26(18-27)39(25)34(40)37-19-21-9-11-23(12-10-21)22-5-2-1-3-6-22/h1-12,24-27H,13-20H2,(H,37,40). The number of urea groups is 1. The molecule has 1 aromatic heterocycles. The second kappa shape index (κ2) is 11.8. The van der Waals surface area contributed by atoms with Crippen LogP contribution in [0, 0.1) is 0 Å². The molecule has 42 heavy (non-hydrogen) atoms. The molecule has 2 aliphatic heterocycles. The fourth-order valence-electron chi connectivity index (χ4n) is 6.56. The third-order valence-corrected chi connectivity index (χ3v) is 9.49. The van der Waals surface area contributed by atoms with E-state index in [1.165, 1.54) is 11.1 Å². The number of carbonyl (C=O) groups excluding carboxylic acids is 1. The molecular formula is C34H33Cl2N3O3. The van der Waals surface area contributed by atoms with E-state index in [0.29, 0.717) is 40.4 Å². The van der Waals surface area contributed by atoms with Gasteiger partial charge in [0.2, 0.25) is 0 Å². The summed E-state index contributed by atoms with van der Waals surface area (Å²) in [4.78, 5) is 15.3. The van der Waals surface area contributed by atoms with Crippen LogP contribution in [0.4, 0.5) is 4.79 Å². The lowest BCUT2D eigenvalue weighted by Gasteiger charge is -2.38. The van der Waals surface area contributed by atoms with Crippen LogP contribution in [0.15, 0.2) is 77.3 Å². The molecule has 1 N–H and O–H groups in total. The largest absolute Gasteiger partial charge is 0.373 e. The number of carbonyl (C=O) groups is 1. The summed E-state index contributed by atoms with van der Waals surface area (Å²) in [5.41, 5.74) is 5.75. The molecule has 3 fully saturated rings. The van der Waals surface area contributed by atoms with E-state index in [9.17, 15) is 4.79 Å². The van der Waals surface area contributed by atoms with Gasteiger partial charge in [0.1, 0.15) is 11.5 Å². The molecule has 2 unspecified atom stereocenters. The minimum Gasteiger partial charge on any atom is -0.373 e. The summed E-state index contributed by atoms with van der Waals surface area (Å²) in [5, 5.41) is 8.64. The zero-order chi connectivity index (χ0) is 28.6. The Kier molecular flexibility index (Phi) is 7.70. The van der Waals surface area contributed by atoms with E-state index in [-0.39, 0.29) is 24.2 Å². The Morgan fingerprint density at radius 2 is 1.55 bits per heavy atom. The van der Waals surface area contributed by atoms with Gasteiger partial charge in [-0.25, -0.2) is 4.79 Å². The molecule has 8 heteroatoms. The van der Waals surface area contributed by atoms with Crippen LogP contribution in [0.1, 0.15) is 61.3 Å². The van der Waals surface area contributed by atoms with Crippen LogP contribution in [0.5, 0.6) is 0 Å². The molecule has 7 rings (SSSR count). The first-order valence-electron chi connectivity index (χ1n) is 14.8. The zero-order valence-electron chi connectivity index (χ0n) is 23.3. The lowest BCUT2D eigenvalue weighted by atomic mass is 9.99. The number of fused-ring (bicyclic) bond motifs is 2. The maximum atomic E-state index is 13.3.